The third-order valence-electron chi connectivity index (χ3n) is 3.81. The predicted octanol–water partition coefficient (Wildman–Crippen LogP) is 0.627. The van der Waals surface area contributed by atoms with Gasteiger partial charge in [-0.25, -0.2) is 8.42 Å². The lowest BCUT2D eigenvalue weighted by atomic mass is 10.2. The standard InChI is InChI=1S/C13H24N4O3S/c1-4-6-14-8-12-10(2)15-16-13(12)21(18,19)17(3)11-5-7-20-9-11/h11,14H,4-9H2,1-3H3,(H,15,16). The lowest BCUT2D eigenvalue weighted by molar-refractivity contribution is 0.180. The minimum Gasteiger partial charge on any atom is -0.380 e. The Labute approximate surface area is 126 Å². The highest BCUT2D eigenvalue weighted by atomic mass is 32.2. The molecule has 1 atom stereocenters. The van der Waals surface area contributed by atoms with E-state index < -0.39 is 10.0 Å². The number of likely N-dealkylation sites (N-methyl/N-ethyl adjacent to an activating group) is 1. The van der Waals surface area contributed by atoms with E-state index in [1.54, 1.807) is 7.05 Å². The Kier molecular flexibility index (Phi) is 5.37. The van der Waals surface area contributed by atoms with Crippen molar-refractivity contribution in [2.75, 3.05) is 26.8 Å². The Balaban J connectivity index is 2.23. The zero-order valence-electron chi connectivity index (χ0n) is 12.8. The highest BCUT2D eigenvalue weighted by Crippen LogP contribution is 2.23. The molecule has 120 valence electrons. The van der Waals surface area contributed by atoms with Crippen molar-refractivity contribution in [2.24, 2.45) is 0 Å². The van der Waals surface area contributed by atoms with Gasteiger partial charge in [-0.05, 0) is 26.3 Å². The molecule has 0 radical (unpaired) electrons. The molecular weight excluding hydrogens is 292 g/mol. The molecular formula is C13H24N4O3S. The van der Waals surface area contributed by atoms with E-state index in [1.807, 2.05) is 6.92 Å². The van der Waals surface area contributed by atoms with Crippen molar-refractivity contribution in [1.82, 2.24) is 19.8 Å². The van der Waals surface area contributed by atoms with Crippen LogP contribution >= 0.6 is 0 Å². The third-order valence-corrected chi connectivity index (χ3v) is 5.69. The number of H-pyrrole nitrogens is 1. The molecule has 0 amide bonds. The zero-order chi connectivity index (χ0) is 15.5. The molecule has 7 nitrogen and oxygen atoms in total. The topological polar surface area (TPSA) is 87.3 Å². The molecule has 0 aliphatic carbocycles. The molecule has 0 spiro atoms. The molecule has 1 aromatic rings. The maximum Gasteiger partial charge on any atom is 0.262 e. The first-order valence-corrected chi connectivity index (χ1v) is 8.72. The van der Waals surface area contributed by atoms with Crippen molar-refractivity contribution in [1.29, 1.82) is 0 Å². The predicted molar refractivity (Wildman–Crippen MR) is 79.5 cm³/mol. The van der Waals surface area contributed by atoms with E-state index in [4.69, 9.17) is 4.74 Å². The minimum absolute atomic E-state index is 0.108. The van der Waals surface area contributed by atoms with E-state index in [0.717, 1.165) is 25.1 Å². The monoisotopic (exact) mass is 316 g/mol. The molecule has 1 aliphatic rings. The number of nitrogens with one attached hydrogen (secondary N) is 2. The van der Waals surface area contributed by atoms with E-state index in [-0.39, 0.29) is 11.1 Å². The number of hydrogen-bond donors (Lipinski definition) is 2. The van der Waals surface area contributed by atoms with Gasteiger partial charge >= 0.3 is 0 Å². The van der Waals surface area contributed by atoms with Crippen LogP contribution < -0.4 is 5.32 Å². The summed E-state index contributed by atoms with van der Waals surface area (Å²) in [7, 11) is -2.00. The first-order chi connectivity index (χ1) is 9.98. The van der Waals surface area contributed by atoms with Crippen LogP contribution in [0.3, 0.4) is 0 Å². The first kappa shape index (κ1) is 16.4. The summed E-state index contributed by atoms with van der Waals surface area (Å²) in [5.74, 6) is 0. The molecule has 1 aliphatic heterocycles. The zero-order valence-corrected chi connectivity index (χ0v) is 13.7. The molecule has 2 rings (SSSR count). The lowest BCUT2D eigenvalue weighted by Crippen LogP contribution is -2.38. The normalized spacial score (nSPS) is 19.5. The van der Waals surface area contributed by atoms with Crippen LogP contribution in [0, 0.1) is 6.92 Å². The second-order valence-corrected chi connectivity index (χ2v) is 7.26. The Hall–Kier alpha value is -0.960. The number of aromatic nitrogens is 2. The fraction of sp³-hybridized carbons (Fsp3) is 0.769. The largest absolute Gasteiger partial charge is 0.380 e. The molecule has 21 heavy (non-hydrogen) atoms. The summed E-state index contributed by atoms with van der Waals surface area (Å²) in [5, 5.41) is 10.2. The number of sulfonamides is 1. The van der Waals surface area contributed by atoms with Crippen molar-refractivity contribution < 1.29 is 13.2 Å². The summed E-state index contributed by atoms with van der Waals surface area (Å²) in [6, 6.07) is -0.108. The van der Waals surface area contributed by atoms with Crippen LogP contribution in [-0.4, -0.2) is 55.8 Å². The van der Waals surface area contributed by atoms with E-state index in [9.17, 15) is 8.42 Å². The Morgan fingerprint density at radius 2 is 2.29 bits per heavy atom. The minimum atomic E-state index is -3.60. The van der Waals surface area contributed by atoms with Crippen molar-refractivity contribution >= 4 is 10.0 Å². The average molecular weight is 316 g/mol. The molecule has 1 saturated heterocycles. The van der Waals surface area contributed by atoms with Crippen LogP contribution in [0.4, 0.5) is 0 Å². The molecule has 0 saturated carbocycles. The van der Waals surface area contributed by atoms with Gasteiger partial charge in [-0.15, -0.1) is 0 Å². The van der Waals surface area contributed by atoms with E-state index in [2.05, 4.69) is 22.4 Å². The number of ether oxygens (including phenoxy) is 1. The number of aryl methyl sites for hydroxylation is 1. The molecule has 2 N–H and O–H groups in total. The van der Waals surface area contributed by atoms with Gasteiger partial charge in [0.25, 0.3) is 10.0 Å². The van der Waals surface area contributed by atoms with Crippen LogP contribution in [0.15, 0.2) is 5.03 Å². The summed E-state index contributed by atoms with van der Waals surface area (Å²) < 4.78 is 32.2. The van der Waals surface area contributed by atoms with E-state index in [1.165, 1.54) is 4.31 Å². The van der Waals surface area contributed by atoms with Crippen molar-refractivity contribution in [2.45, 2.75) is 44.3 Å². The van der Waals surface area contributed by atoms with Crippen LogP contribution in [-0.2, 0) is 21.3 Å². The molecule has 8 heteroatoms. The fourth-order valence-electron chi connectivity index (χ4n) is 2.38. The van der Waals surface area contributed by atoms with Gasteiger partial charge in [-0.3, -0.25) is 5.10 Å². The van der Waals surface area contributed by atoms with Gasteiger partial charge in [-0.2, -0.15) is 9.40 Å². The van der Waals surface area contributed by atoms with Gasteiger partial charge in [0, 0.05) is 31.5 Å². The smallest absolute Gasteiger partial charge is 0.262 e. The van der Waals surface area contributed by atoms with Gasteiger partial charge in [-0.1, -0.05) is 6.92 Å². The van der Waals surface area contributed by atoms with Gasteiger partial charge < -0.3 is 10.1 Å². The molecule has 1 aromatic heterocycles. The van der Waals surface area contributed by atoms with Crippen LogP contribution in [0.2, 0.25) is 0 Å². The van der Waals surface area contributed by atoms with E-state index in [0.29, 0.717) is 25.3 Å². The van der Waals surface area contributed by atoms with Gasteiger partial charge in [0.05, 0.1) is 12.6 Å². The molecule has 1 fully saturated rings. The average Bonchev–Trinajstić information content (AvgIpc) is 3.09. The van der Waals surface area contributed by atoms with Gasteiger partial charge in [0.2, 0.25) is 0 Å². The summed E-state index contributed by atoms with van der Waals surface area (Å²) in [4.78, 5) is 0. The fourth-order valence-corrected chi connectivity index (χ4v) is 3.91. The quantitative estimate of drug-likeness (QED) is 0.720. The number of hydrogen-bond acceptors (Lipinski definition) is 5. The SMILES string of the molecule is CCCNCc1c(S(=O)(=O)N(C)C2CCOC2)n[nH]c1C. The third kappa shape index (κ3) is 3.45. The Morgan fingerprint density at radius 1 is 1.52 bits per heavy atom. The molecule has 0 aromatic carbocycles. The van der Waals surface area contributed by atoms with Gasteiger partial charge in [0.1, 0.15) is 0 Å². The summed E-state index contributed by atoms with van der Waals surface area (Å²) in [6.45, 7) is 6.31. The summed E-state index contributed by atoms with van der Waals surface area (Å²) in [5.41, 5.74) is 1.50. The molecule has 2 heterocycles. The first-order valence-electron chi connectivity index (χ1n) is 7.28. The lowest BCUT2D eigenvalue weighted by Gasteiger charge is -2.22. The second kappa shape index (κ2) is 6.87. The van der Waals surface area contributed by atoms with Gasteiger partial charge in [0.15, 0.2) is 5.03 Å². The van der Waals surface area contributed by atoms with Crippen molar-refractivity contribution in [3.8, 4) is 0 Å². The number of rotatable bonds is 7. The second-order valence-electron chi connectivity index (χ2n) is 5.35. The maximum absolute atomic E-state index is 12.7. The van der Waals surface area contributed by atoms with Crippen LogP contribution in [0.1, 0.15) is 31.0 Å². The van der Waals surface area contributed by atoms with E-state index >= 15 is 0 Å². The Bertz CT molecular complexity index is 564. The van der Waals surface area contributed by atoms with Crippen LogP contribution in [0.25, 0.3) is 0 Å². The maximum atomic E-state index is 12.7. The Morgan fingerprint density at radius 3 is 2.90 bits per heavy atom. The summed E-state index contributed by atoms with van der Waals surface area (Å²) in [6.07, 6.45) is 1.72. The van der Waals surface area contributed by atoms with Crippen molar-refractivity contribution in [3.63, 3.8) is 0 Å². The molecule has 0 bridgehead atoms. The summed E-state index contributed by atoms with van der Waals surface area (Å²) >= 11 is 0. The number of aromatic amines is 1. The van der Waals surface area contributed by atoms with Crippen molar-refractivity contribution in [3.05, 3.63) is 11.3 Å². The number of nitrogens with zero attached hydrogens (tertiary/aromatic N) is 2. The van der Waals surface area contributed by atoms with Crippen LogP contribution in [0.5, 0.6) is 0 Å². The highest BCUT2D eigenvalue weighted by Gasteiger charge is 2.34. The molecule has 1 unspecified atom stereocenters. The highest BCUT2D eigenvalue weighted by molar-refractivity contribution is 7.89.